The van der Waals surface area contributed by atoms with Crippen LogP contribution in [-0.2, 0) is 0 Å². The largest absolute Gasteiger partial charge is 0.344 e. The number of nitrogens with two attached hydrogens (primary N) is 1. The summed E-state index contributed by atoms with van der Waals surface area (Å²) < 4.78 is 0. The van der Waals surface area contributed by atoms with E-state index in [-0.39, 0.29) is 0 Å². The third-order valence-electron chi connectivity index (χ3n) is 2.38. The Morgan fingerprint density at radius 1 is 1.29 bits per heavy atom. The molecule has 1 saturated heterocycles. The van der Waals surface area contributed by atoms with E-state index in [1.54, 1.807) is 0 Å². The van der Waals surface area contributed by atoms with Gasteiger partial charge in [-0.1, -0.05) is 0 Å². The Bertz CT molecular complexity index is 62.2. The van der Waals surface area contributed by atoms with Gasteiger partial charge in [-0.2, -0.15) is 0 Å². The molecule has 2 fully saturated rings. The van der Waals surface area contributed by atoms with Gasteiger partial charge in [0.25, 0.3) is 0 Å². The monoisotopic (exact) mass is 98.1 g/mol. The highest BCUT2D eigenvalue weighted by Crippen LogP contribution is 2.25. The van der Waals surface area contributed by atoms with Crippen molar-refractivity contribution in [1.29, 1.82) is 0 Å². The van der Waals surface area contributed by atoms with Gasteiger partial charge >= 0.3 is 0 Å². The Hall–Kier alpha value is -0.0400. The minimum Gasteiger partial charge on any atom is -0.344 e. The fourth-order valence-electron chi connectivity index (χ4n) is 1.93. The molecule has 0 unspecified atom stereocenters. The maximum Gasteiger partial charge on any atom is 0.0864 e. The Labute approximate surface area is 44.1 Å². The van der Waals surface area contributed by atoms with Crippen LogP contribution in [0.15, 0.2) is 0 Å². The normalized spacial score (nSPS) is 48.0. The van der Waals surface area contributed by atoms with Gasteiger partial charge in [0.05, 0.1) is 12.6 Å². The van der Waals surface area contributed by atoms with E-state index in [1.165, 1.54) is 25.8 Å². The van der Waals surface area contributed by atoms with Crippen LogP contribution >= 0.6 is 0 Å². The van der Waals surface area contributed by atoms with E-state index in [0.717, 1.165) is 12.0 Å². The Balaban J connectivity index is 2.12. The molecule has 0 aromatic rings. The first kappa shape index (κ1) is 3.90. The topological polar surface area (TPSA) is 16.6 Å². The summed E-state index contributed by atoms with van der Waals surface area (Å²) in [7, 11) is 0. The van der Waals surface area contributed by atoms with Crippen LogP contribution in [0, 0.1) is 5.92 Å². The van der Waals surface area contributed by atoms with Crippen molar-refractivity contribution in [2.24, 2.45) is 5.92 Å². The predicted octanol–water partition coefficient (Wildman–Crippen LogP) is -0.268. The van der Waals surface area contributed by atoms with Gasteiger partial charge in [0.2, 0.25) is 0 Å². The summed E-state index contributed by atoms with van der Waals surface area (Å²) in [4.78, 5) is 0. The fraction of sp³-hybridized carbons (Fsp3) is 1.00. The SMILES string of the molecule is C1C[C@H]2C[C@H]1C[NH2+]2. The van der Waals surface area contributed by atoms with Gasteiger partial charge < -0.3 is 5.32 Å². The van der Waals surface area contributed by atoms with Crippen LogP contribution in [0.25, 0.3) is 0 Å². The lowest BCUT2D eigenvalue weighted by Gasteiger charge is -2.04. The maximum atomic E-state index is 2.51. The molecule has 2 N–H and O–H groups in total. The molecule has 0 aromatic carbocycles. The van der Waals surface area contributed by atoms with E-state index in [1.807, 2.05) is 0 Å². The van der Waals surface area contributed by atoms with Gasteiger partial charge in [-0.15, -0.1) is 0 Å². The third kappa shape index (κ3) is 0.480. The summed E-state index contributed by atoms with van der Waals surface area (Å²) in [5, 5.41) is 2.51. The number of hydrogen-bond donors (Lipinski definition) is 1. The summed E-state index contributed by atoms with van der Waals surface area (Å²) in [6, 6.07) is 1.05. The van der Waals surface area contributed by atoms with E-state index in [9.17, 15) is 0 Å². The number of rotatable bonds is 0. The van der Waals surface area contributed by atoms with Crippen LogP contribution in [0.3, 0.4) is 0 Å². The molecule has 1 heteroatoms. The van der Waals surface area contributed by atoms with E-state index >= 15 is 0 Å². The molecule has 40 valence electrons. The van der Waals surface area contributed by atoms with E-state index in [0.29, 0.717) is 0 Å². The van der Waals surface area contributed by atoms with Crippen LogP contribution in [-0.4, -0.2) is 12.6 Å². The van der Waals surface area contributed by atoms with E-state index < -0.39 is 0 Å². The third-order valence-corrected chi connectivity index (χ3v) is 2.38. The van der Waals surface area contributed by atoms with Gasteiger partial charge in [-0.25, -0.2) is 0 Å². The maximum absolute atomic E-state index is 2.51. The summed E-state index contributed by atoms with van der Waals surface area (Å²) in [6.07, 6.45) is 4.56. The molecule has 2 atom stereocenters. The second kappa shape index (κ2) is 1.22. The lowest BCUT2D eigenvalue weighted by atomic mass is 10.1. The molecular weight excluding hydrogens is 86.1 g/mol. The first-order valence-electron chi connectivity index (χ1n) is 3.28. The summed E-state index contributed by atoms with van der Waals surface area (Å²) >= 11 is 0. The van der Waals surface area contributed by atoms with Crippen molar-refractivity contribution in [3.63, 3.8) is 0 Å². The van der Waals surface area contributed by atoms with Crippen LogP contribution in [0.4, 0.5) is 0 Å². The Morgan fingerprint density at radius 3 is 2.43 bits per heavy atom. The zero-order valence-electron chi connectivity index (χ0n) is 4.56. The second-order valence-electron chi connectivity index (χ2n) is 2.91. The Kier molecular flexibility index (Phi) is 0.680. The van der Waals surface area contributed by atoms with Crippen molar-refractivity contribution in [1.82, 2.24) is 0 Å². The van der Waals surface area contributed by atoms with Gasteiger partial charge in [-0.05, 0) is 12.8 Å². The highest BCUT2D eigenvalue weighted by atomic mass is 15.0. The van der Waals surface area contributed by atoms with Crippen molar-refractivity contribution in [3.05, 3.63) is 0 Å². The molecule has 1 heterocycles. The van der Waals surface area contributed by atoms with Gasteiger partial charge in [0.1, 0.15) is 0 Å². The molecule has 2 rings (SSSR count). The van der Waals surface area contributed by atoms with Gasteiger partial charge in [-0.3, -0.25) is 0 Å². The van der Waals surface area contributed by atoms with Crippen LogP contribution in [0.1, 0.15) is 19.3 Å². The number of fused-ring (bicyclic) bond motifs is 2. The van der Waals surface area contributed by atoms with E-state index in [2.05, 4.69) is 5.32 Å². The molecule has 1 nitrogen and oxygen atoms in total. The average molecular weight is 98.2 g/mol. The van der Waals surface area contributed by atoms with Gasteiger partial charge in [0.15, 0.2) is 0 Å². The highest BCUT2D eigenvalue weighted by Gasteiger charge is 2.34. The average Bonchev–Trinajstić information content (AvgIpc) is 2.22. The van der Waals surface area contributed by atoms with Crippen molar-refractivity contribution >= 4 is 0 Å². The predicted molar refractivity (Wildman–Crippen MR) is 27.9 cm³/mol. The lowest BCUT2D eigenvalue weighted by molar-refractivity contribution is -0.677. The molecule has 0 radical (unpaired) electrons. The molecule has 7 heavy (non-hydrogen) atoms. The number of piperidine rings is 1. The molecule has 0 spiro atoms. The quantitative estimate of drug-likeness (QED) is 0.429. The van der Waals surface area contributed by atoms with Crippen LogP contribution in [0.2, 0.25) is 0 Å². The fourth-order valence-corrected chi connectivity index (χ4v) is 1.93. The molecule has 2 aliphatic rings. The van der Waals surface area contributed by atoms with Crippen molar-refractivity contribution < 1.29 is 5.32 Å². The summed E-state index contributed by atoms with van der Waals surface area (Å²) in [6.45, 7) is 1.44. The zero-order chi connectivity index (χ0) is 4.69. The standard InChI is InChI=1S/C6H11N/c1-2-6-3-5(1)4-7-6/h5-7H,1-4H2/p+1/t5-,6-/m0/s1. The lowest BCUT2D eigenvalue weighted by Crippen LogP contribution is -2.87. The minimum absolute atomic E-state index is 1.05. The molecule has 0 amide bonds. The van der Waals surface area contributed by atoms with Crippen molar-refractivity contribution in [2.45, 2.75) is 25.3 Å². The molecule has 0 aromatic heterocycles. The van der Waals surface area contributed by atoms with Crippen LogP contribution in [0.5, 0.6) is 0 Å². The first-order chi connectivity index (χ1) is 3.45. The molecular formula is C6H12N+. The molecule has 2 bridgehead atoms. The van der Waals surface area contributed by atoms with E-state index in [4.69, 9.17) is 0 Å². The smallest absolute Gasteiger partial charge is 0.0864 e. The molecule has 1 saturated carbocycles. The number of quaternary nitrogens is 1. The highest BCUT2D eigenvalue weighted by molar-refractivity contribution is 4.77. The second-order valence-corrected chi connectivity index (χ2v) is 2.91. The van der Waals surface area contributed by atoms with Crippen LogP contribution < -0.4 is 5.32 Å². The molecule has 1 aliphatic heterocycles. The summed E-state index contributed by atoms with van der Waals surface area (Å²) in [5.74, 6) is 1.12. The minimum atomic E-state index is 1.05. The first-order valence-corrected chi connectivity index (χ1v) is 3.28. The van der Waals surface area contributed by atoms with Gasteiger partial charge in [0, 0.05) is 12.3 Å². The molecule has 1 aliphatic carbocycles. The summed E-state index contributed by atoms with van der Waals surface area (Å²) in [5.41, 5.74) is 0. The Morgan fingerprint density at radius 2 is 2.29 bits per heavy atom. The van der Waals surface area contributed by atoms with Crippen molar-refractivity contribution in [3.8, 4) is 0 Å². The zero-order valence-corrected chi connectivity index (χ0v) is 4.56. The number of hydrogen-bond acceptors (Lipinski definition) is 0. The van der Waals surface area contributed by atoms with Crippen molar-refractivity contribution in [2.75, 3.05) is 6.54 Å².